The van der Waals surface area contributed by atoms with Gasteiger partial charge in [-0.3, -0.25) is 4.98 Å². The molecule has 0 aliphatic rings. The number of halogens is 5. The second kappa shape index (κ2) is 3.58. The van der Waals surface area contributed by atoms with Gasteiger partial charge in [0.2, 0.25) is 0 Å². The Morgan fingerprint density at radius 3 is 2.13 bits per heavy atom. The van der Waals surface area contributed by atoms with Gasteiger partial charge in [-0.25, -0.2) is 17.6 Å². The van der Waals surface area contributed by atoms with Crippen LogP contribution in [0.4, 0.5) is 17.6 Å². The standard InChI is InChI=1S/C9H2F4IN/c10-6-3-1-15-2-4(14)5(3)7(11)9(13)8(6)12/h1-2H. The van der Waals surface area contributed by atoms with E-state index >= 15 is 0 Å². The van der Waals surface area contributed by atoms with E-state index in [4.69, 9.17) is 0 Å². The van der Waals surface area contributed by atoms with Crippen LogP contribution >= 0.6 is 22.6 Å². The number of hydrogen-bond donors (Lipinski definition) is 0. The highest BCUT2D eigenvalue weighted by molar-refractivity contribution is 14.1. The average Bonchev–Trinajstić information content (AvgIpc) is 2.23. The first-order chi connectivity index (χ1) is 7.04. The van der Waals surface area contributed by atoms with Gasteiger partial charge in [-0.05, 0) is 22.6 Å². The molecular formula is C9H2F4IN. The van der Waals surface area contributed by atoms with Gasteiger partial charge in [-0.2, -0.15) is 0 Å². The smallest absolute Gasteiger partial charge is 0.198 e. The largest absolute Gasteiger partial charge is 0.263 e. The highest BCUT2D eigenvalue weighted by Crippen LogP contribution is 2.28. The van der Waals surface area contributed by atoms with Gasteiger partial charge in [0.15, 0.2) is 23.3 Å². The number of fused-ring (bicyclic) bond motifs is 1. The maximum atomic E-state index is 13.3. The Morgan fingerprint density at radius 1 is 0.867 bits per heavy atom. The van der Waals surface area contributed by atoms with Gasteiger partial charge in [0.05, 0.1) is 0 Å². The number of pyridine rings is 1. The van der Waals surface area contributed by atoms with Crippen molar-refractivity contribution >= 4 is 33.4 Å². The summed E-state index contributed by atoms with van der Waals surface area (Å²) in [6, 6.07) is 0. The van der Waals surface area contributed by atoms with Crippen molar-refractivity contribution in [2.75, 3.05) is 0 Å². The lowest BCUT2D eigenvalue weighted by Gasteiger charge is -2.05. The van der Waals surface area contributed by atoms with Crippen molar-refractivity contribution in [2.45, 2.75) is 0 Å². The molecule has 0 fully saturated rings. The molecule has 0 amide bonds. The SMILES string of the molecule is Fc1c(F)c(F)c2c(I)cncc2c1F. The number of benzene rings is 1. The number of aromatic nitrogens is 1. The lowest BCUT2D eigenvalue weighted by molar-refractivity contribution is 0.418. The van der Waals surface area contributed by atoms with Crippen LogP contribution in [0.5, 0.6) is 0 Å². The molecule has 0 aliphatic heterocycles. The molecule has 1 aromatic heterocycles. The fourth-order valence-electron chi connectivity index (χ4n) is 1.25. The van der Waals surface area contributed by atoms with Crippen LogP contribution in [0.3, 0.4) is 0 Å². The molecule has 2 aromatic rings. The molecule has 0 radical (unpaired) electrons. The highest BCUT2D eigenvalue weighted by atomic mass is 127. The van der Waals surface area contributed by atoms with E-state index in [1.807, 2.05) is 0 Å². The van der Waals surface area contributed by atoms with Crippen molar-refractivity contribution in [3.8, 4) is 0 Å². The van der Waals surface area contributed by atoms with Crippen molar-refractivity contribution in [3.63, 3.8) is 0 Å². The van der Waals surface area contributed by atoms with Crippen molar-refractivity contribution in [2.24, 2.45) is 0 Å². The van der Waals surface area contributed by atoms with Gasteiger partial charge in [-0.15, -0.1) is 0 Å². The molecular weight excluding hydrogens is 325 g/mol. The van der Waals surface area contributed by atoms with E-state index in [0.717, 1.165) is 6.20 Å². The van der Waals surface area contributed by atoms with Crippen LogP contribution in [0.15, 0.2) is 12.4 Å². The summed E-state index contributed by atoms with van der Waals surface area (Å²) >= 11 is 1.67. The molecule has 0 saturated heterocycles. The Balaban J connectivity index is 3.08. The Labute approximate surface area is 95.3 Å². The molecule has 78 valence electrons. The Kier molecular flexibility index (Phi) is 2.53. The Morgan fingerprint density at radius 2 is 1.47 bits per heavy atom. The van der Waals surface area contributed by atoms with Crippen molar-refractivity contribution in [3.05, 3.63) is 39.2 Å². The van der Waals surface area contributed by atoms with E-state index in [9.17, 15) is 17.6 Å². The molecule has 6 heteroatoms. The van der Waals surface area contributed by atoms with Crippen molar-refractivity contribution in [1.82, 2.24) is 4.98 Å². The monoisotopic (exact) mass is 327 g/mol. The van der Waals surface area contributed by atoms with Crippen LogP contribution in [0.1, 0.15) is 0 Å². The minimum absolute atomic E-state index is 0.223. The second-order valence-electron chi connectivity index (χ2n) is 2.80. The molecule has 1 heterocycles. The van der Waals surface area contributed by atoms with E-state index < -0.39 is 23.3 Å². The van der Waals surface area contributed by atoms with E-state index in [-0.39, 0.29) is 14.3 Å². The lowest BCUT2D eigenvalue weighted by Crippen LogP contribution is -1.99. The summed E-state index contributed by atoms with van der Waals surface area (Å²) in [6.07, 6.45) is 2.20. The van der Waals surface area contributed by atoms with Gasteiger partial charge in [-0.1, -0.05) is 0 Å². The summed E-state index contributed by atoms with van der Waals surface area (Å²) < 4.78 is 52.4. The minimum Gasteiger partial charge on any atom is -0.263 e. The predicted octanol–water partition coefficient (Wildman–Crippen LogP) is 3.40. The van der Waals surface area contributed by atoms with E-state index in [1.165, 1.54) is 6.20 Å². The molecule has 1 nitrogen and oxygen atoms in total. The first-order valence-corrected chi connectivity index (χ1v) is 4.87. The summed E-state index contributed by atoms with van der Waals surface area (Å²) in [5, 5.41) is -0.652. The molecule has 2 rings (SSSR count). The zero-order chi connectivity index (χ0) is 11.2. The van der Waals surface area contributed by atoms with Crippen LogP contribution in [0.2, 0.25) is 0 Å². The summed E-state index contributed by atoms with van der Waals surface area (Å²) in [7, 11) is 0. The summed E-state index contributed by atoms with van der Waals surface area (Å²) in [4.78, 5) is 3.58. The highest BCUT2D eigenvalue weighted by Gasteiger charge is 2.21. The van der Waals surface area contributed by atoms with Crippen molar-refractivity contribution < 1.29 is 17.6 Å². The number of hydrogen-bond acceptors (Lipinski definition) is 1. The van der Waals surface area contributed by atoms with E-state index in [2.05, 4.69) is 4.98 Å². The molecule has 0 N–H and O–H groups in total. The summed E-state index contributed by atoms with van der Waals surface area (Å²) in [5.74, 6) is -6.43. The lowest BCUT2D eigenvalue weighted by atomic mass is 10.1. The van der Waals surface area contributed by atoms with E-state index in [1.54, 1.807) is 22.6 Å². The Hall–Kier alpha value is -0.920. The van der Waals surface area contributed by atoms with Crippen LogP contribution < -0.4 is 0 Å². The molecule has 0 saturated carbocycles. The van der Waals surface area contributed by atoms with E-state index in [0.29, 0.717) is 0 Å². The number of nitrogens with zero attached hydrogens (tertiary/aromatic N) is 1. The van der Waals surface area contributed by atoms with Crippen LogP contribution in [0.25, 0.3) is 10.8 Å². The Bertz CT molecular complexity index is 556. The third-order valence-electron chi connectivity index (χ3n) is 1.93. The average molecular weight is 327 g/mol. The predicted molar refractivity (Wildman–Crippen MR) is 54.3 cm³/mol. The second-order valence-corrected chi connectivity index (χ2v) is 3.96. The maximum Gasteiger partial charge on any atom is 0.198 e. The van der Waals surface area contributed by atoms with Crippen LogP contribution in [-0.4, -0.2) is 4.98 Å². The maximum absolute atomic E-state index is 13.3. The van der Waals surface area contributed by atoms with Gasteiger partial charge in [0.1, 0.15) is 0 Å². The minimum atomic E-state index is -1.82. The first-order valence-electron chi connectivity index (χ1n) is 3.79. The topological polar surface area (TPSA) is 12.9 Å². The first kappa shape index (κ1) is 10.6. The molecule has 0 aliphatic carbocycles. The zero-order valence-corrected chi connectivity index (χ0v) is 9.15. The summed E-state index contributed by atoms with van der Waals surface area (Å²) in [5.41, 5.74) is 0. The molecule has 0 bridgehead atoms. The molecule has 0 atom stereocenters. The van der Waals surface area contributed by atoms with Gasteiger partial charge >= 0.3 is 0 Å². The third kappa shape index (κ3) is 1.47. The van der Waals surface area contributed by atoms with Gasteiger partial charge in [0.25, 0.3) is 0 Å². The van der Waals surface area contributed by atoms with Crippen molar-refractivity contribution in [1.29, 1.82) is 0 Å². The van der Waals surface area contributed by atoms with Gasteiger partial charge < -0.3 is 0 Å². The normalized spacial score (nSPS) is 11.0. The molecule has 0 unspecified atom stereocenters. The van der Waals surface area contributed by atoms with Crippen LogP contribution in [-0.2, 0) is 0 Å². The fourth-order valence-corrected chi connectivity index (χ4v) is 1.93. The molecule has 0 spiro atoms. The number of rotatable bonds is 0. The zero-order valence-electron chi connectivity index (χ0n) is 6.99. The quantitative estimate of drug-likeness (QED) is 0.313. The molecule has 15 heavy (non-hydrogen) atoms. The third-order valence-corrected chi connectivity index (χ3v) is 2.75. The fraction of sp³-hybridized carbons (Fsp3) is 0. The molecule has 1 aromatic carbocycles. The van der Waals surface area contributed by atoms with Gasteiger partial charge in [0, 0.05) is 26.7 Å². The van der Waals surface area contributed by atoms with Crippen LogP contribution in [0, 0.1) is 26.8 Å². The summed E-state index contributed by atoms with van der Waals surface area (Å²) in [6.45, 7) is 0.